The van der Waals surface area contributed by atoms with Gasteiger partial charge in [-0.15, -0.1) is 10.2 Å². The highest BCUT2D eigenvalue weighted by Gasteiger charge is 2.21. The Balaban J connectivity index is 1.67. The molecule has 0 saturated heterocycles. The quantitative estimate of drug-likeness (QED) is 0.137. The number of aromatic nitrogens is 2. The van der Waals surface area contributed by atoms with Gasteiger partial charge in [0.05, 0.1) is 6.61 Å². The zero-order valence-electron chi connectivity index (χ0n) is 20.6. The molecule has 3 aromatic rings. The van der Waals surface area contributed by atoms with E-state index in [9.17, 15) is 9.18 Å². The second kappa shape index (κ2) is 13.9. The molecule has 1 heterocycles. The van der Waals surface area contributed by atoms with Crippen LogP contribution in [0.1, 0.15) is 38.6 Å². The highest BCUT2D eigenvalue weighted by molar-refractivity contribution is 5.97. The topological polar surface area (TPSA) is 105 Å². The Morgan fingerprint density at radius 3 is 2.44 bits per heavy atom. The van der Waals surface area contributed by atoms with E-state index in [4.69, 9.17) is 23.5 Å². The van der Waals surface area contributed by atoms with Crippen LogP contribution in [0.5, 0.6) is 5.75 Å². The summed E-state index contributed by atoms with van der Waals surface area (Å²) in [5.74, 6) is 0.193. The standard InChI is InChI=1S/C26H30FN3O6/c1-4-15-35-30-22(25-29-28-24(36-25)19-9-11-20(27)12-10-19)17-34-21-13-7-18(8-14-21)16-23(32-5-2)26(31)33-6-3/h7-14,23H,4-6,15-17H2,1-3H3. The third-order valence-electron chi connectivity index (χ3n) is 4.87. The molecule has 0 spiro atoms. The van der Waals surface area contributed by atoms with Crippen molar-refractivity contribution < 1.29 is 32.7 Å². The van der Waals surface area contributed by atoms with Gasteiger partial charge in [-0.05, 0) is 62.2 Å². The highest BCUT2D eigenvalue weighted by atomic mass is 19.1. The Labute approximate surface area is 209 Å². The molecule has 1 unspecified atom stereocenters. The molecule has 10 heteroatoms. The lowest BCUT2D eigenvalue weighted by Gasteiger charge is -2.15. The molecule has 0 aliphatic heterocycles. The predicted molar refractivity (Wildman–Crippen MR) is 130 cm³/mol. The number of halogens is 1. The van der Waals surface area contributed by atoms with Crippen molar-refractivity contribution in [1.29, 1.82) is 0 Å². The average molecular weight is 500 g/mol. The summed E-state index contributed by atoms with van der Waals surface area (Å²) in [7, 11) is 0. The highest BCUT2D eigenvalue weighted by Crippen LogP contribution is 2.20. The molecular weight excluding hydrogens is 469 g/mol. The van der Waals surface area contributed by atoms with Crippen molar-refractivity contribution in [3.63, 3.8) is 0 Å². The first-order valence-corrected chi connectivity index (χ1v) is 11.8. The van der Waals surface area contributed by atoms with Crippen LogP contribution in [0.3, 0.4) is 0 Å². The first-order chi connectivity index (χ1) is 17.5. The van der Waals surface area contributed by atoms with Gasteiger partial charge < -0.3 is 23.5 Å². The zero-order valence-corrected chi connectivity index (χ0v) is 20.6. The number of hydrogen-bond acceptors (Lipinski definition) is 9. The molecule has 0 N–H and O–H groups in total. The number of esters is 1. The van der Waals surface area contributed by atoms with E-state index in [1.165, 1.54) is 12.1 Å². The van der Waals surface area contributed by atoms with Gasteiger partial charge in [0.15, 0.2) is 11.8 Å². The van der Waals surface area contributed by atoms with Crippen molar-refractivity contribution >= 4 is 11.7 Å². The monoisotopic (exact) mass is 499 g/mol. The largest absolute Gasteiger partial charge is 0.487 e. The summed E-state index contributed by atoms with van der Waals surface area (Å²) in [5, 5.41) is 12.2. The Hall–Kier alpha value is -3.79. The maximum atomic E-state index is 13.2. The molecule has 1 aromatic heterocycles. The number of rotatable bonds is 14. The van der Waals surface area contributed by atoms with Crippen LogP contribution >= 0.6 is 0 Å². The van der Waals surface area contributed by atoms with Crippen molar-refractivity contribution in [3.05, 3.63) is 65.8 Å². The molecule has 0 radical (unpaired) electrons. The van der Waals surface area contributed by atoms with Gasteiger partial charge >= 0.3 is 5.97 Å². The summed E-state index contributed by atoms with van der Waals surface area (Å²) in [6, 6.07) is 13.0. The van der Waals surface area contributed by atoms with Gasteiger partial charge in [-0.2, -0.15) is 0 Å². The van der Waals surface area contributed by atoms with Crippen LogP contribution in [-0.2, 0) is 25.5 Å². The second-order valence-electron chi connectivity index (χ2n) is 7.62. The lowest BCUT2D eigenvalue weighted by atomic mass is 10.1. The minimum atomic E-state index is -0.663. The number of carbonyl (C=O) groups excluding carboxylic acids is 1. The van der Waals surface area contributed by atoms with Gasteiger partial charge in [0.1, 0.15) is 24.8 Å². The first kappa shape index (κ1) is 26.8. The summed E-state index contributed by atoms with van der Waals surface area (Å²) in [6.07, 6.45) is 0.501. The molecule has 1 atom stereocenters. The predicted octanol–water partition coefficient (Wildman–Crippen LogP) is 4.60. The van der Waals surface area contributed by atoms with Crippen molar-refractivity contribution in [2.75, 3.05) is 26.4 Å². The molecule has 2 aromatic carbocycles. The van der Waals surface area contributed by atoms with E-state index >= 15 is 0 Å². The first-order valence-electron chi connectivity index (χ1n) is 11.8. The van der Waals surface area contributed by atoms with Gasteiger partial charge in [0.25, 0.3) is 5.89 Å². The van der Waals surface area contributed by atoms with Gasteiger partial charge in [0, 0.05) is 18.6 Å². The Kier molecular flexibility index (Phi) is 10.4. The van der Waals surface area contributed by atoms with Crippen molar-refractivity contribution in [3.8, 4) is 17.2 Å². The zero-order chi connectivity index (χ0) is 25.8. The lowest BCUT2D eigenvalue weighted by molar-refractivity contribution is -0.156. The molecule has 0 aliphatic carbocycles. The van der Waals surface area contributed by atoms with Gasteiger partial charge in [-0.25, -0.2) is 9.18 Å². The fourth-order valence-corrected chi connectivity index (χ4v) is 3.13. The normalized spacial score (nSPS) is 12.3. The van der Waals surface area contributed by atoms with Crippen LogP contribution in [0.25, 0.3) is 11.5 Å². The van der Waals surface area contributed by atoms with Gasteiger partial charge in [0.2, 0.25) is 5.89 Å². The van der Waals surface area contributed by atoms with Crippen molar-refractivity contribution in [1.82, 2.24) is 10.2 Å². The number of oxime groups is 1. The molecule has 0 bridgehead atoms. The van der Waals surface area contributed by atoms with Crippen LogP contribution in [-0.4, -0.2) is 54.4 Å². The number of hydrogen-bond donors (Lipinski definition) is 0. The molecule has 3 rings (SSSR count). The van der Waals surface area contributed by atoms with E-state index in [1.54, 1.807) is 31.2 Å². The number of ether oxygens (including phenoxy) is 3. The van der Waals surface area contributed by atoms with Crippen LogP contribution in [0.4, 0.5) is 4.39 Å². The Bertz CT molecular complexity index is 1120. The molecule has 0 saturated carbocycles. The number of carbonyl (C=O) groups is 1. The minimum absolute atomic E-state index is 0.0124. The number of nitrogens with zero attached hydrogens (tertiary/aromatic N) is 3. The molecule has 0 fully saturated rings. The molecule has 0 amide bonds. The van der Waals surface area contributed by atoms with Crippen molar-refractivity contribution in [2.45, 2.75) is 39.7 Å². The maximum Gasteiger partial charge on any atom is 0.335 e. The molecular formula is C26H30FN3O6. The molecule has 36 heavy (non-hydrogen) atoms. The summed E-state index contributed by atoms with van der Waals surface area (Å²) in [5.41, 5.74) is 1.79. The van der Waals surface area contributed by atoms with Crippen LogP contribution in [0, 0.1) is 5.82 Å². The smallest absolute Gasteiger partial charge is 0.335 e. The van der Waals surface area contributed by atoms with Crippen LogP contribution < -0.4 is 4.74 Å². The lowest BCUT2D eigenvalue weighted by Crippen LogP contribution is -2.28. The summed E-state index contributed by atoms with van der Waals surface area (Å²) in [4.78, 5) is 17.4. The van der Waals surface area contributed by atoms with Crippen LogP contribution in [0.15, 0.2) is 58.1 Å². The fourth-order valence-electron chi connectivity index (χ4n) is 3.13. The molecule has 9 nitrogen and oxygen atoms in total. The SMILES string of the molecule is CCCON=C(COc1ccc(CC(OCC)C(=O)OCC)cc1)c1nnc(-c2ccc(F)cc2)o1. The van der Waals surface area contributed by atoms with Crippen LogP contribution in [0.2, 0.25) is 0 Å². The van der Waals surface area contributed by atoms with E-state index in [0.29, 0.717) is 43.3 Å². The van der Waals surface area contributed by atoms with E-state index in [1.807, 2.05) is 26.0 Å². The van der Waals surface area contributed by atoms with E-state index in [-0.39, 0.29) is 30.2 Å². The Morgan fingerprint density at radius 2 is 1.78 bits per heavy atom. The fraction of sp³-hybridized carbons (Fsp3) is 0.385. The van der Waals surface area contributed by atoms with E-state index in [2.05, 4.69) is 15.4 Å². The van der Waals surface area contributed by atoms with Gasteiger partial charge in [-0.3, -0.25) is 0 Å². The molecule has 0 aliphatic rings. The average Bonchev–Trinajstić information content (AvgIpc) is 3.37. The summed E-state index contributed by atoms with van der Waals surface area (Å²) in [6.45, 7) is 6.69. The minimum Gasteiger partial charge on any atom is -0.487 e. The molecule has 192 valence electrons. The Morgan fingerprint density at radius 1 is 1.03 bits per heavy atom. The van der Waals surface area contributed by atoms with E-state index < -0.39 is 6.10 Å². The number of benzene rings is 2. The summed E-state index contributed by atoms with van der Waals surface area (Å²) >= 11 is 0. The van der Waals surface area contributed by atoms with Gasteiger partial charge in [-0.1, -0.05) is 24.2 Å². The maximum absolute atomic E-state index is 13.2. The van der Waals surface area contributed by atoms with Crippen molar-refractivity contribution in [2.24, 2.45) is 5.16 Å². The van der Waals surface area contributed by atoms with E-state index in [0.717, 1.165) is 12.0 Å². The summed E-state index contributed by atoms with van der Waals surface area (Å²) < 4.78 is 35.4. The second-order valence-corrected chi connectivity index (χ2v) is 7.62. The third-order valence-corrected chi connectivity index (χ3v) is 4.87. The third kappa shape index (κ3) is 7.88.